The topological polar surface area (TPSA) is 17.1 Å². The Hall–Kier alpha value is -1.11. The highest BCUT2D eigenvalue weighted by atomic mass is 16.1. The number of ketones is 1. The monoisotopic (exact) mass is 176 g/mol. The van der Waals surface area contributed by atoms with Crippen LogP contribution >= 0.6 is 0 Å². The van der Waals surface area contributed by atoms with Crippen LogP contribution in [0.2, 0.25) is 0 Å². The van der Waals surface area contributed by atoms with Crippen molar-refractivity contribution in [3.05, 3.63) is 34.9 Å². The van der Waals surface area contributed by atoms with E-state index in [0.717, 1.165) is 18.4 Å². The molecule has 0 aliphatic rings. The second kappa shape index (κ2) is 4.22. The lowest BCUT2D eigenvalue weighted by molar-refractivity contribution is 0.101. The second-order valence-electron chi connectivity index (χ2n) is 3.25. The van der Waals surface area contributed by atoms with Crippen LogP contribution in [0.4, 0.5) is 0 Å². The zero-order valence-corrected chi connectivity index (χ0v) is 8.55. The maximum absolute atomic E-state index is 11.2. The van der Waals surface area contributed by atoms with E-state index in [1.807, 2.05) is 12.1 Å². The first-order valence-electron chi connectivity index (χ1n) is 4.81. The predicted molar refractivity (Wildman–Crippen MR) is 55.2 cm³/mol. The van der Waals surface area contributed by atoms with Crippen molar-refractivity contribution in [2.24, 2.45) is 0 Å². The lowest BCUT2D eigenvalue weighted by atomic mass is 9.98. The van der Waals surface area contributed by atoms with Gasteiger partial charge in [0.05, 0.1) is 0 Å². The molecule has 0 spiro atoms. The van der Waals surface area contributed by atoms with Crippen molar-refractivity contribution in [3.63, 3.8) is 0 Å². The number of hydrogen-bond donors (Lipinski definition) is 0. The molecule has 0 atom stereocenters. The predicted octanol–water partition coefficient (Wildman–Crippen LogP) is 3.01. The fourth-order valence-corrected chi connectivity index (χ4v) is 1.50. The molecule has 0 amide bonds. The average Bonchev–Trinajstić information content (AvgIpc) is 2.16. The van der Waals surface area contributed by atoms with Crippen LogP contribution < -0.4 is 0 Å². The van der Waals surface area contributed by atoms with Crippen molar-refractivity contribution in [2.45, 2.75) is 33.6 Å². The Morgan fingerprint density at radius 3 is 2.38 bits per heavy atom. The van der Waals surface area contributed by atoms with E-state index in [2.05, 4.69) is 19.9 Å². The summed E-state index contributed by atoms with van der Waals surface area (Å²) < 4.78 is 0. The Labute approximate surface area is 79.8 Å². The van der Waals surface area contributed by atoms with Crippen LogP contribution in [0.25, 0.3) is 0 Å². The van der Waals surface area contributed by atoms with Crippen molar-refractivity contribution in [3.8, 4) is 0 Å². The van der Waals surface area contributed by atoms with Crippen molar-refractivity contribution in [2.75, 3.05) is 0 Å². The molecule has 0 aliphatic heterocycles. The zero-order chi connectivity index (χ0) is 9.84. The van der Waals surface area contributed by atoms with Gasteiger partial charge in [-0.2, -0.15) is 0 Å². The molecule has 0 unspecified atom stereocenters. The van der Waals surface area contributed by atoms with Gasteiger partial charge in [0.2, 0.25) is 0 Å². The van der Waals surface area contributed by atoms with Gasteiger partial charge in [0.1, 0.15) is 0 Å². The van der Waals surface area contributed by atoms with E-state index in [9.17, 15) is 4.79 Å². The van der Waals surface area contributed by atoms with Crippen LogP contribution in [0.1, 0.15) is 42.3 Å². The molecular weight excluding hydrogens is 160 g/mol. The summed E-state index contributed by atoms with van der Waals surface area (Å²) in [6.45, 7) is 5.84. The molecule has 13 heavy (non-hydrogen) atoms. The normalized spacial score (nSPS) is 10.1. The molecule has 0 aliphatic carbocycles. The highest BCUT2D eigenvalue weighted by molar-refractivity contribution is 5.95. The van der Waals surface area contributed by atoms with E-state index in [0.29, 0.717) is 0 Å². The lowest BCUT2D eigenvalue weighted by Crippen LogP contribution is -1.99. The number of carbonyl (C=O) groups excluding carboxylic acids is 1. The third kappa shape index (κ3) is 2.18. The van der Waals surface area contributed by atoms with E-state index in [1.54, 1.807) is 6.92 Å². The maximum Gasteiger partial charge on any atom is 0.160 e. The smallest absolute Gasteiger partial charge is 0.160 e. The zero-order valence-electron chi connectivity index (χ0n) is 8.55. The Kier molecular flexibility index (Phi) is 3.24. The third-order valence-electron chi connectivity index (χ3n) is 2.34. The Balaban J connectivity index is 3.15. The van der Waals surface area contributed by atoms with E-state index >= 15 is 0 Å². The van der Waals surface area contributed by atoms with Gasteiger partial charge < -0.3 is 0 Å². The van der Waals surface area contributed by atoms with Crippen LogP contribution in [-0.2, 0) is 12.8 Å². The fourth-order valence-electron chi connectivity index (χ4n) is 1.50. The summed E-state index contributed by atoms with van der Waals surface area (Å²) in [4.78, 5) is 11.2. The molecule has 0 radical (unpaired) electrons. The molecule has 70 valence electrons. The van der Waals surface area contributed by atoms with Crippen molar-refractivity contribution >= 4 is 5.78 Å². The average molecular weight is 176 g/mol. The lowest BCUT2D eigenvalue weighted by Gasteiger charge is -2.06. The molecule has 1 heteroatoms. The largest absolute Gasteiger partial charge is 0.295 e. The molecule has 0 saturated carbocycles. The number of rotatable bonds is 3. The van der Waals surface area contributed by atoms with Gasteiger partial charge in [-0.1, -0.05) is 32.0 Å². The van der Waals surface area contributed by atoms with Gasteiger partial charge in [0.15, 0.2) is 5.78 Å². The van der Waals surface area contributed by atoms with Crippen LogP contribution in [0.5, 0.6) is 0 Å². The summed E-state index contributed by atoms with van der Waals surface area (Å²) in [7, 11) is 0. The SMILES string of the molecule is CCc1ccc(C(C)=O)c(CC)c1. The van der Waals surface area contributed by atoms with Crippen molar-refractivity contribution in [1.29, 1.82) is 0 Å². The highest BCUT2D eigenvalue weighted by Gasteiger charge is 2.05. The minimum absolute atomic E-state index is 0.166. The fraction of sp³-hybridized carbons (Fsp3) is 0.417. The van der Waals surface area contributed by atoms with Crippen LogP contribution in [-0.4, -0.2) is 5.78 Å². The van der Waals surface area contributed by atoms with E-state index in [-0.39, 0.29) is 5.78 Å². The van der Waals surface area contributed by atoms with Crippen LogP contribution in [0.15, 0.2) is 18.2 Å². The van der Waals surface area contributed by atoms with Gasteiger partial charge in [-0.15, -0.1) is 0 Å². The molecule has 0 fully saturated rings. The number of aryl methyl sites for hydroxylation is 2. The number of benzene rings is 1. The minimum Gasteiger partial charge on any atom is -0.295 e. The maximum atomic E-state index is 11.2. The minimum atomic E-state index is 0.166. The molecule has 1 aromatic rings. The molecule has 0 N–H and O–H groups in total. The van der Waals surface area contributed by atoms with E-state index < -0.39 is 0 Å². The Bertz CT molecular complexity index is 313. The van der Waals surface area contributed by atoms with Crippen molar-refractivity contribution in [1.82, 2.24) is 0 Å². The first-order chi connectivity index (χ1) is 6.19. The summed E-state index contributed by atoms with van der Waals surface area (Å²) in [5.41, 5.74) is 3.36. The molecule has 0 aromatic heterocycles. The summed E-state index contributed by atoms with van der Waals surface area (Å²) in [6, 6.07) is 6.12. The van der Waals surface area contributed by atoms with E-state index in [4.69, 9.17) is 0 Å². The molecular formula is C12H16O. The third-order valence-corrected chi connectivity index (χ3v) is 2.34. The quantitative estimate of drug-likeness (QED) is 0.647. The van der Waals surface area contributed by atoms with Gasteiger partial charge in [-0.25, -0.2) is 0 Å². The molecule has 1 rings (SSSR count). The summed E-state index contributed by atoms with van der Waals surface area (Å²) in [5, 5.41) is 0. The summed E-state index contributed by atoms with van der Waals surface area (Å²) in [6.07, 6.45) is 1.97. The van der Waals surface area contributed by atoms with Gasteiger partial charge in [-0.05, 0) is 30.9 Å². The van der Waals surface area contributed by atoms with Gasteiger partial charge in [0.25, 0.3) is 0 Å². The van der Waals surface area contributed by atoms with E-state index in [1.165, 1.54) is 11.1 Å². The van der Waals surface area contributed by atoms with Crippen LogP contribution in [0.3, 0.4) is 0 Å². The van der Waals surface area contributed by atoms with Crippen LogP contribution in [0, 0.1) is 0 Å². The number of carbonyl (C=O) groups is 1. The molecule has 0 heterocycles. The van der Waals surface area contributed by atoms with Gasteiger partial charge >= 0.3 is 0 Å². The molecule has 1 aromatic carbocycles. The summed E-state index contributed by atoms with van der Waals surface area (Å²) in [5.74, 6) is 0.166. The van der Waals surface area contributed by atoms with Crippen molar-refractivity contribution < 1.29 is 4.79 Å². The van der Waals surface area contributed by atoms with Gasteiger partial charge in [0, 0.05) is 5.56 Å². The number of Topliss-reactive ketones (excluding diaryl/α,β-unsaturated/α-hetero) is 1. The Morgan fingerprint density at radius 1 is 1.23 bits per heavy atom. The first-order valence-corrected chi connectivity index (χ1v) is 4.81. The second-order valence-corrected chi connectivity index (χ2v) is 3.25. The number of hydrogen-bond acceptors (Lipinski definition) is 1. The highest BCUT2D eigenvalue weighted by Crippen LogP contribution is 2.13. The first kappa shape index (κ1) is 9.97. The Morgan fingerprint density at radius 2 is 1.92 bits per heavy atom. The molecule has 0 saturated heterocycles. The summed E-state index contributed by atoms with van der Waals surface area (Å²) >= 11 is 0. The molecule has 0 bridgehead atoms. The standard InChI is InChI=1S/C12H16O/c1-4-10-6-7-12(9(3)13)11(5-2)8-10/h6-8H,4-5H2,1-3H3. The van der Waals surface area contributed by atoms with Gasteiger partial charge in [-0.3, -0.25) is 4.79 Å². The molecule has 1 nitrogen and oxygen atoms in total.